The van der Waals surface area contributed by atoms with Crippen LogP contribution in [-0.2, 0) is 4.94 Å². The standard InChI is InChI=1S/C3H9N2O3/c1-5(2,3)8-4(6)7/h1-3H3/q+1. The molecule has 0 saturated carbocycles. The summed E-state index contributed by atoms with van der Waals surface area (Å²) in [7, 11) is 4.68. The van der Waals surface area contributed by atoms with Crippen molar-refractivity contribution in [2.45, 2.75) is 0 Å². The Morgan fingerprint density at radius 1 is 1.50 bits per heavy atom. The van der Waals surface area contributed by atoms with Crippen molar-refractivity contribution in [2.24, 2.45) is 0 Å². The first-order valence-electron chi connectivity index (χ1n) is 2.07. The minimum atomic E-state index is -0.819. The Balaban J connectivity index is 3.55. The Bertz CT molecular complexity index is 95.2. The van der Waals surface area contributed by atoms with Crippen LogP contribution in [0, 0.1) is 10.1 Å². The lowest BCUT2D eigenvalue weighted by Crippen LogP contribution is -2.36. The molecule has 0 bridgehead atoms. The molecule has 0 fully saturated rings. The van der Waals surface area contributed by atoms with Crippen molar-refractivity contribution in [3.05, 3.63) is 10.1 Å². The topological polar surface area (TPSA) is 52.4 Å². The van der Waals surface area contributed by atoms with Gasteiger partial charge in [-0.05, 0) is 0 Å². The van der Waals surface area contributed by atoms with Gasteiger partial charge >= 0.3 is 5.09 Å². The Labute approximate surface area is 47.1 Å². The molecule has 0 aliphatic heterocycles. The zero-order valence-corrected chi connectivity index (χ0v) is 5.12. The summed E-state index contributed by atoms with van der Waals surface area (Å²) in [5.41, 5.74) is 0. The molecule has 0 unspecified atom stereocenters. The first kappa shape index (κ1) is 7.16. The maximum Gasteiger partial charge on any atom is 0.339 e. The summed E-state index contributed by atoms with van der Waals surface area (Å²) < 4.78 is -0.118. The largest absolute Gasteiger partial charge is 0.339 e. The fraction of sp³-hybridized carbons (Fsp3) is 1.00. The number of hydrogen-bond acceptors (Lipinski definition) is 3. The summed E-state index contributed by atoms with van der Waals surface area (Å²) in [5.74, 6) is 0. The third kappa shape index (κ3) is 5.16. The second-order valence-electron chi connectivity index (χ2n) is 2.19. The van der Waals surface area contributed by atoms with Gasteiger partial charge < -0.3 is 0 Å². The van der Waals surface area contributed by atoms with Gasteiger partial charge in [0.1, 0.15) is 21.1 Å². The van der Waals surface area contributed by atoms with Gasteiger partial charge in [0.15, 0.2) is 0 Å². The third-order valence-electron chi connectivity index (χ3n) is 0.312. The van der Waals surface area contributed by atoms with E-state index in [-0.39, 0.29) is 4.65 Å². The zero-order valence-electron chi connectivity index (χ0n) is 5.12. The van der Waals surface area contributed by atoms with Gasteiger partial charge in [-0.25, -0.2) is 0 Å². The predicted octanol–water partition coefficient (Wildman–Crippen LogP) is -0.184. The molecule has 0 radical (unpaired) electrons. The summed E-state index contributed by atoms with van der Waals surface area (Å²) >= 11 is 0. The van der Waals surface area contributed by atoms with Crippen molar-refractivity contribution in [3.8, 4) is 0 Å². The number of rotatable bonds is 2. The van der Waals surface area contributed by atoms with Crippen LogP contribution in [0.15, 0.2) is 0 Å². The predicted molar refractivity (Wildman–Crippen MR) is 26.1 cm³/mol. The third-order valence-corrected chi connectivity index (χ3v) is 0.312. The molecule has 0 rings (SSSR count). The van der Waals surface area contributed by atoms with Crippen LogP contribution in [0.4, 0.5) is 0 Å². The Morgan fingerprint density at radius 2 is 1.88 bits per heavy atom. The molecule has 8 heavy (non-hydrogen) atoms. The Hall–Kier alpha value is -0.840. The number of hydrogen-bond donors (Lipinski definition) is 0. The summed E-state index contributed by atoms with van der Waals surface area (Å²) in [4.78, 5) is 13.7. The summed E-state index contributed by atoms with van der Waals surface area (Å²) in [6, 6.07) is 0. The lowest BCUT2D eigenvalue weighted by atomic mass is 11.0. The minimum Gasteiger partial charge on any atom is -0.137 e. The van der Waals surface area contributed by atoms with Crippen molar-refractivity contribution >= 4 is 0 Å². The van der Waals surface area contributed by atoms with Gasteiger partial charge in [-0.2, -0.15) is 0 Å². The molecule has 0 aromatic rings. The monoisotopic (exact) mass is 121 g/mol. The molecule has 0 spiro atoms. The summed E-state index contributed by atoms with van der Waals surface area (Å²) in [6.45, 7) is 0. The average molecular weight is 121 g/mol. The molecule has 0 N–H and O–H groups in total. The van der Waals surface area contributed by atoms with E-state index in [4.69, 9.17) is 0 Å². The summed E-state index contributed by atoms with van der Waals surface area (Å²) in [6.07, 6.45) is 0. The molecule has 5 nitrogen and oxygen atoms in total. The molecular weight excluding hydrogens is 112 g/mol. The Morgan fingerprint density at radius 3 is 1.88 bits per heavy atom. The molecule has 0 aromatic carbocycles. The van der Waals surface area contributed by atoms with E-state index in [0.29, 0.717) is 0 Å². The van der Waals surface area contributed by atoms with Crippen LogP contribution in [0.5, 0.6) is 0 Å². The van der Waals surface area contributed by atoms with Gasteiger partial charge in [0.2, 0.25) is 0 Å². The van der Waals surface area contributed by atoms with E-state index in [0.717, 1.165) is 0 Å². The van der Waals surface area contributed by atoms with Crippen molar-refractivity contribution in [3.63, 3.8) is 0 Å². The van der Waals surface area contributed by atoms with Crippen LogP contribution in [0.2, 0.25) is 0 Å². The Kier molecular flexibility index (Phi) is 1.75. The van der Waals surface area contributed by atoms with Crippen molar-refractivity contribution in [2.75, 3.05) is 21.1 Å². The van der Waals surface area contributed by atoms with Crippen LogP contribution in [0.3, 0.4) is 0 Å². The molecule has 0 heterocycles. The molecule has 0 amide bonds. The zero-order chi connectivity index (χ0) is 6.78. The van der Waals surface area contributed by atoms with Crippen LogP contribution >= 0.6 is 0 Å². The molecule has 5 heteroatoms. The van der Waals surface area contributed by atoms with E-state index in [1.165, 1.54) is 0 Å². The van der Waals surface area contributed by atoms with E-state index in [1.807, 2.05) is 0 Å². The number of quaternary nitrogens is 1. The van der Waals surface area contributed by atoms with Crippen molar-refractivity contribution < 1.29 is 14.7 Å². The normalized spacial score (nSPS) is 10.9. The number of hydroxylamine groups is 3. The molecule has 0 atom stereocenters. The smallest absolute Gasteiger partial charge is 0.137 e. The van der Waals surface area contributed by atoms with Crippen LogP contribution < -0.4 is 0 Å². The second kappa shape index (κ2) is 1.95. The van der Waals surface area contributed by atoms with Crippen LogP contribution in [0.25, 0.3) is 0 Å². The fourth-order valence-corrected chi connectivity index (χ4v) is 0.200. The van der Waals surface area contributed by atoms with E-state index < -0.39 is 5.09 Å². The van der Waals surface area contributed by atoms with E-state index >= 15 is 0 Å². The van der Waals surface area contributed by atoms with Crippen molar-refractivity contribution in [1.29, 1.82) is 0 Å². The van der Waals surface area contributed by atoms with Gasteiger partial charge in [-0.1, -0.05) is 0 Å². The van der Waals surface area contributed by atoms with Crippen molar-refractivity contribution in [1.82, 2.24) is 0 Å². The van der Waals surface area contributed by atoms with Gasteiger partial charge in [-0.15, -0.1) is 19.7 Å². The minimum absolute atomic E-state index is 0.118. The van der Waals surface area contributed by atoms with E-state index in [1.54, 1.807) is 21.1 Å². The highest BCUT2D eigenvalue weighted by atomic mass is 17.0. The van der Waals surface area contributed by atoms with Crippen LogP contribution in [0.1, 0.15) is 0 Å². The first-order chi connectivity index (χ1) is 3.42. The molecular formula is C3H9N2O3+. The average Bonchev–Trinajstić information content (AvgIpc) is 1.21. The highest BCUT2D eigenvalue weighted by molar-refractivity contribution is 3.87. The molecule has 48 valence electrons. The molecule has 0 aliphatic carbocycles. The highest BCUT2D eigenvalue weighted by Gasteiger charge is 2.12. The molecule has 0 aliphatic rings. The number of nitrogens with zero attached hydrogens (tertiary/aromatic N) is 2. The lowest BCUT2D eigenvalue weighted by molar-refractivity contribution is -1.20. The summed E-state index contributed by atoms with van der Waals surface area (Å²) in [5, 5.41) is 8.76. The van der Waals surface area contributed by atoms with E-state index in [9.17, 15) is 10.1 Å². The maximum atomic E-state index is 9.58. The van der Waals surface area contributed by atoms with Gasteiger partial charge in [0, 0.05) is 0 Å². The highest BCUT2D eigenvalue weighted by Crippen LogP contribution is 1.89. The lowest BCUT2D eigenvalue weighted by Gasteiger charge is -2.15. The second-order valence-corrected chi connectivity index (χ2v) is 2.19. The van der Waals surface area contributed by atoms with Crippen LogP contribution in [-0.4, -0.2) is 30.9 Å². The molecule has 0 saturated heterocycles. The van der Waals surface area contributed by atoms with Gasteiger partial charge in [-0.3, -0.25) is 0 Å². The SMILES string of the molecule is C[N+](C)(C)O[N+](=O)[O-]. The maximum absolute atomic E-state index is 9.58. The van der Waals surface area contributed by atoms with E-state index in [2.05, 4.69) is 4.94 Å². The quantitative estimate of drug-likeness (QED) is 0.289. The van der Waals surface area contributed by atoms with Gasteiger partial charge in [0.25, 0.3) is 0 Å². The molecule has 0 aromatic heterocycles. The van der Waals surface area contributed by atoms with Gasteiger partial charge in [0.05, 0.1) is 0 Å². The fourth-order valence-electron chi connectivity index (χ4n) is 0.200. The first-order valence-corrected chi connectivity index (χ1v) is 2.07.